The number of benzene rings is 1. The number of aromatic nitrogens is 1. The van der Waals surface area contributed by atoms with Crippen molar-refractivity contribution in [2.24, 2.45) is 0 Å². The number of hydrogen-bond acceptors (Lipinski definition) is 3. The summed E-state index contributed by atoms with van der Waals surface area (Å²) < 4.78 is 0. The van der Waals surface area contributed by atoms with E-state index >= 15 is 0 Å². The van der Waals surface area contributed by atoms with Gasteiger partial charge in [0.25, 0.3) is 0 Å². The maximum Gasteiger partial charge on any atom is 0.0798 e. The number of nitrogens with one attached hydrogen (secondary N) is 1. The van der Waals surface area contributed by atoms with Gasteiger partial charge in [0.2, 0.25) is 0 Å². The van der Waals surface area contributed by atoms with Gasteiger partial charge < -0.3 is 5.32 Å². The van der Waals surface area contributed by atoms with Gasteiger partial charge in [-0.3, -0.25) is 0 Å². The van der Waals surface area contributed by atoms with Gasteiger partial charge in [-0.05, 0) is 38.5 Å². The van der Waals surface area contributed by atoms with Crippen LogP contribution < -0.4 is 5.32 Å². The van der Waals surface area contributed by atoms with E-state index in [1.807, 2.05) is 30.6 Å². The Bertz CT molecular complexity index is 568. The number of hydrogen-bond donors (Lipinski definition) is 1. The quantitative estimate of drug-likeness (QED) is 0.842. The number of rotatable bonds is 4. The first kappa shape index (κ1) is 14.8. The lowest BCUT2D eigenvalue weighted by Crippen LogP contribution is -2.22. The molecule has 0 fully saturated rings. The second-order valence-electron chi connectivity index (χ2n) is 4.59. The Labute approximate surface area is 127 Å². The molecule has 5 heteroatoms. The van der Waals surface area contributed by atoms with Gasteiger partial charge in [0.1, 0.15) is 0 Å². The Morgan fingerprint density at radius 3 is 2.47 bits per heavy atom. The molecule has 0 aliphatic rings. The van der Waals surface area contributed by atoms with Gasteiger partial charge in [-0.25, -0.2) is 4.98 Å². The average Bonchev–Trinajstić information content (AvgIpc) is 2.79. The van der Waals surface area contributed by atoms with Crippen LogP contribution in [0.4, 0.5) is 0 Å². The van der Waals surface area contributed by atoms with Crippen molar-refractivity contribution in [1.82, 2.24) is 10.3 Å². The largest absolute Gasteiger partial charge is 0.303 e. The molecule has 19 heavy (non-hydrogen) atoms. The highest BCUT2D eigenvalue weighted by Crippen LogP contribution is 2.28. The topological polar surface area (TPSA) is 24.9 Å². The Morgan fingerprint density at radius 1 is 1.16 bits per heavy atom. The van der Waals surface area contributed by atoms with E-state index in [0.29, 0.717) is 10.0 Å². The van der Waals surface area contributed by atoms with E-state index in [1.54, 1.807) is 11.3 Å². The molecular weight excluding hydrogens is 299 g/mol. The minimum Gasteiger partial charge on any atom is -0.303 e. The van der Waals surface area contributed by atoms with Crippen LogP contribution >= 0.6 is 34.5 Å². The van der Waals surface area contributed by atoms with Gasteiger partial charge in [-0.1, -0.05) is 29.3 Å². The monoisotopic (exact) mass is 314 g/mol. The number of halogens is 2. The third-order valence-corrected chi connectivity index (χ3v) is 4.97. The van der Waals surface area contributed by atoms with Crippen molar-refractivity contribution >= 4 is 34.5 Å². The van der Waals surface area contributed by atoms with E-state index in [2.05, 4.69) is 24.1 Å². The smallest absolute Gasteiger partial charge is 0.0798 e. The zero-order valence-electron chi connectivity index (χ0n) is 11.1. The molecule has 1 heterocycles. The highest BCUT2D eigenvalue weighted by atomic mass is 35.5. The molecule has 2 rings (SSSR count). The van der Waals surface area contributed by atoms with Crippen LogP contribution in [-0.4, -0.2) is 4.98 Å². The molecule has 1 N–H and O–H groups in total. The van der Waals surface area contributed by atoms with Crippen molar-refractivity contribution in [1.29, 1.82) is 0 Å². The van der Waals surface area contributed by atoms with Crippen LogP contribution in [0.15, 0.2) is 23.7 Å². The molecule has 0 amide bonds. The highest BCUT2D eigenvalue weighted by molar-refractivity contribution is 7.09. The van der Waals surface area contributed by atoms with Crippen molar-refractivity contribution in [2.45, 2.75) is 32.9 Å². The van der Waals surface area contributed by atoms with E-state index in [0.717, 1.165) is 11.3 Å². The SMILES string of the molecule is Cc1ncsc1C(C)NC(C)c1ccc(Cl)c(Cl)c1. The lowest BCUT2D eigenvalue weighted by atomic mass is 10.1. The summed E-state index contributed by atoms with van der Waals surface area (Å²) in [7, 11) is 0. The summed E-state index contributed by atoms with van der Waals surface area (Å²) in [6.45, 7) is 6.30. The molecule has 2 atom stereocenters. The van der Waals surface area contributed by atoms with Gasteiger partial charge in [0, 0.05) is 17.0 Å². The molecule has 0 bridgehead atoms. The van der Waals surface area contributed by atoms with Gasteiger partial charge in [-0.15, -0.1) is 11.3 Å². The summed E-state index contributed by atoms with van der Waals surface area (Å²) in [6, 6.07) is 6.20. The molecule has 0 aliphatic heterocycles. The van der Waals surface area contributed by atoms with Gasteiger partial charge in [-0.2, -0.15) is 0 Å². The second-order valence-corrected chi connectivity index (χ2v) is 6.29. The van der Waals surface area contributed by atoms with Crippen molar-refractivity contribution in [3.63, 3.8) is 0 Å². The summed E-state index contributed by atoms with van der Waals surface area (Å²) in [5.74, 6) is 0. The fourth-order valence-corrected chi connectivity index (χ4v) is 3.18. The summed E-state index contributed by atoms with van der Waals surface area (Å²) in [4.78, 5) is 5.55. The predicted molar refractivity (Wildman–Crippen MR) is 83.3 cm³/mol. The summed E-state index contributed by atoms with van der Waals surface area (Å²) in [5.41, 5.74) is 4.10. The molecule has 2 unspecified atom stereocenters. The van der Waals surface area contributed by atoms with Crippen LogP contribution in [0.1, 0.15) is 42.1 Å². The van der Waals surface area contributed by atoms with Crippen LogP contribution in [0.5, 0.6) is 0 Å². The zero-order chi connectivity index (χ0) is 14.0. The summed E-state index contributed by atoms with van der Waals surface area (Å²) in [6.07, 6.45) is 0. The lowest BCUT2D eigenvalue weighted by molar-refractivity contribution is 0.498. The molecule has 2 aromatic rings. The van der Waals surface area contributed by atoms with Gasteiger partial charge in [0.15, 0.2) is 0 Å². The van der Waals surface area contributed by atoms with Gasteiger partial charge >= 0.3 is 0 Å². The van der Waals surface area contributed by atoms with E-state index in [1.165, 1.54) is 4.88 Å². The van der Waals surface area contributed by atoms with Crippen LogP contribution in [0.2, 0.25) is 10.0 Å². The van der Waals surface area contributed by atoms with Crippen LogP contribution in [0.3, 0.4) is 0 Å². The third kappa shape index (κ3) is 3.48. The normalized spacial score (nSPS) is 14.4. The maximum absolute atomic E-state index is 6.05. The molecule has 1 aromatic heterocycles. The Kier molecular flexibility index (Phi) is 4.85. The Morgan fingerprint density at radius 2 is 1.89 bits per heavy atom. The predicted octanol–water partition coefficient (Wildman–Crippen LogP) is 5.17. The molecule has 0 aliphatic carbocycles. The van der Waals surface area contributed by atoms with Crippen molar-refractivity contribution < 1.29 is 0 Å². The molecular formula is C14H16Cl2N2S. The van der Waals surface area contributed by atoms with Crippen molar-refractivity contribution in [3.8, 4) is 0 Å². The van der Waals surface area contributed by atoms with E-state index in [9.17, 15) is 0 Å². The van der Waals surface area contributed by atoms with Crippen molar-refractivity contribution in [3.05, 3.63) is 49.9 Å². The zero-order valence-corrected chi connectivity index (χ0v) is 13.4. The molecule has 0 radical (unpaired) electrons. The number of nitrogens with zero attached hydrogens (tertiary/aromatic N) is 1. The number of thiazole rings is 1. The number of aryl methyl sites for hydroxylation is 1. The van der Waals surface area contributed by atoms with E-state index < -0.39 is 0 Å². The first-order valence-electron chi connectivity index (χ1n) is 6.10. The Balaban J connectivity index is 2.10. The van der Waals surface area contributed by atoms with Crippen LogP contribution in [-0.2, 0) is 0 Å². The first-order chi connectivity index (χ1) is 8.99. The molecule has 0 spiro atoms. The molecule has 2 nitrogen and oxygen atoms in total. The maximum atomic E-state index is 6.05. The Hall–Kier alpha value is -0.610. The van der Waals surface area contributed by atoms with E-state index in [-0.39, 0.29) is 12.1 Å². The molecule has 1 aromatic carbocycles. The minimum absolute atomic E-state index is 0.200. The van der Waals surface area contributed by atoms with Gasteiger partial charge in [0.05, 0.1) is 21.2 Å². The molecule has 0 saturated heterocycles. The second kappa shape index (κ2) is 6.23. The minimum atomic E-state index is 0.200. The third-order valence-electron chi connectivity index (χ3n) is 3.12. The van der Waals surface area contributed by atoms with Crippen LogP contribution in [0.25, 0.3) is 0 Å². The molecule has 102 valence electrons. The first-order valence-corrected chi connectivity index (χ1v) is 7.73. The lowest BCUT2D eigenvalue weighted by Gasteiger charge is -2.20. The van der Waals surface area contributed by atoms with Crippen molar-refractivity contribution in [2.75, 3.05) is 0 Å². The van der Waals surface area contributed by atoms with E-state index in [4.69, 9.17) is 23.2 Å². The highest BCUT2D eigenvalue weighted by Gasteiger charge is 2.15. The fourth-order valence-electron chi connectivity index (χ4n) is 2.06. The molecule has 0 saturated carbocycles. The standard InChI is InChI=1S/C14H16Cl2N2S/c1-8(11-4-5-12(15)13(16)6-11)18-10(3)14-9(2)17-7-19-14/h4-8,10,18H,1-3H3. The van der Waals surface area contributed by atoms with Crippen LogP contribution in [0, 0.1) is 6.92 Å². The average molecular weight is 315 g/mol. The summed E-state index contributed by atoms with van der Waals surface area (Å²) >= 11 is 13.7. The summed E-state index contributed by atoms with van der Waals surface area (Å²) in [5, 5.41) is 4.73. The fraction of sp³-hybridized carbons (Fsp3) is 0.357.